The van der Waals surface area contributed by atoms with Gasteiger partial charge in [0.25, 0.3) is 11.6 Å². The number of benzene rings is 2. The fraction of sp³-hybridized carbons (Fsp3) is 0.125. The molecule has 0 saturated heterocycles. The van der Waals surface area contributed by atoms with Crippen molar-refractivity contribution in [2.45, 2.75) is 6.42 Å². The van der Waals surface area contributed by atoms with Crippen molar-refractivity contribution >= 4 is 17.3 Å². The summed E-state index contributed by atoms with van der Waals surface area (Å²) in [6, 6.07) is 12.9. The van der Waals surface area contributed by atoms with Gasteiger partial charge in [-0.2, -0.15) is 5.10 Å². The Morgan fingerprint density at radius 3 is 2.87 bits per heavy atom. The maximum atomic E-state index is 12.1. The van der Waals surface area contributed by atoms with Crippen LogP contribution in [0.25, 0.3) is 0 Å². The Morgan fingerprint density at radius 2 is 2.04 bits per heavy atom. The van der Waals surface area contributed by atoms with E-state index in [1.165, 1.54) is 24.3 Å². The summed E-state index contributed by atoms with van der Waals surface area (Å²) in [5, 5.41) is 14.9. The highest BCUT2D eigenvalue weighted by Crippen LogP contribution is 2.24. The lowest BCUT2D eigenvalue weighted by Crippen LogP contribution is -2.23. The summed E-state index contributed by atoms with van der Waals surface area (Å²) in [5.41, 5.74) is 4.04. The van der Waals surface area contributed by atoms with E-state index in [1.54, 1.807) is 0 Å². The van der Waals surface area contributed by atoms with Gasteiger partial charge in [-0.1, -0.05) is 18.2 Å². The average Bonchev–Trinajstić information content (AvgIpc) is 2.59. The Kier molecular flexibility index (Phi) is 4.01. The Hall–Kier alpha value is -3.22. The summed E-state index contributed by atoms with van der Waals surface area (Å²) in [6.07, 6.45) is 0.576. The molecule has 3 rings (SSSR count). The van der Waals surface area contributed by atoms with Crippen molar-refractivity contribution in [1.82, 2.24) is 5.43 Å². The van der Waals surface area contributed by atoms with Gasteiger partial charge in [0, 0.05) is 29.7 Å². The van der Waals surface area contributed by atoms with Gasteiger partial charge in [0.2, 0.25) is 0 Å². The van der Waals surface area contributed by atoms with Crippen LogP contribution < -0.4 is 10.2 Å². The van der Waals surface area contributed by atoms with E-state index in [0.29, 0.717) is 18.7 Å². The number of nitro groups is 1. The molecule has 0 saturated carbocycles. The standard InChI is InChI=1S/C16H13N3O4/c20-16(11-4-3-5-12(10-11)19(21)22)18-17-14-8-9-23-15-7-2-1-6-13(14)15/h1-7,10H,8-9H2,(H,18,20)/b17-14-. The normalized spacial score (nSPS) is 14.7. The van der Waals surface area contributed by atoms with Crippen LogP contribution in [0.15, 0.2) is 53.6 Å². The number of hydrogen-bond acceptors (Lipinski definition) is 5. The predicted octanol–water partition coefficient (Wildman–Crippen LogP) is 2.51. The second-order valence-electron chi connectivity index (χ2n) is 4.90. The van der Waals surface area contributed by atoms with Crippen LogP contribution in [0.5, 0.6) is 5.75 Å². The van der Waals surface area contributed by atoms with Crippen molar-refractivity contribution in [2.24, 2.45) is 5.10 Å². The summed E-state index contributed by atoms with van der Waals surface area (Å²) in [7, 11) is 0. The summed E-state index contributed by atoms with van der Waals surface area (Å²) < 4.78 is 5.52. The molecule has 0 atom stereocenters. The fourth-order valence-corrected chi connectivity index (χ4v) is 2.28. The van der Waals surface area contributed by atoms with Crippen molar-refractivity contribution in [1.29, 1.82) is 0 Å². The first-order chi connectivity index (χ1) is 11.1. The molecule has 2 aromatic carbocycles. The molecular formula is C16H13N3O4. The molecule has 1 aliphatic rings. The lowest BCUT2D eigenvalue weighted by atomic mass is 10.0. The van der Waals surface area contributed by atoms with Gasteiger partial charge in [0.1, 0.15) is 5.75 Å². The quantitative estimate of drug-likeness (QED) is 0.696. The molecule has 0 unspecified atom stereocenters. The smallest absolute Gasteiger partial charge is 0.271 e. The molecule has 2 aromatic rings. The summed E-state index contributed by atoms with van der Waals surface area (Å²) in [6.45, 7) is 0.489. The predicted molar refractivity (Wildman–Crippen MR) is 83.7 cm³/mol. The molecule has 7 heteroatoms. The van der Waals surface area contributed by atoms with E-state index in [4.69, 9.17) is 4.74 Å². The van der Waals surface area contributed by atoms with Crippen molar-refractivity contribution in [3.05, 3.63) is 69.8 Å². The molecule has 1 amide bonds. The lowest BCUT2D eigenvalue weighted by molar-refractivity contribution is -0.384. The molecule has 0 bridgehead atoms. The van der Waals surface area contributed by atoms with Crippen LogP contribution in [0.4, 0.5) is 5.69 Å². The van der Waals surface area contributed by atoms with Crippen molar-refractivity contribution < 1.29 is 14.5 Å². The van der Waals surface area contributed by atoms with E-state index < -0.39 is 10.8 Å². The fourth-order valence-electron chi connectivity index (χ4n) is 2.28. The number of para-hydroxylation sites is 1. The zero-order chi connectivity index (χ0) is 16.2. The van der Waals surface area contributed by atoms with Gasteiger partial charge in [0.05, 0.1) is 17.2 Å². The third-order valence-electron chi connectivity index (χ3n) is 3.41. The number of ether oxygens (including phenoxy) is 1. The zero-order valence-corrected chi connectivity index (χ0v) is 12.1. The minimum absolute atomic E-state index is 0.137. The first-order valence-corrected chi connectivity index (χ1v) is 6.99. The van der Waals surface area contributed by atoms with Crippen LogP contribution in [-0.2, 0) is 0 Å². The highest BCUT2D eigenvalue weighted by atomic mass is 16.6. The van der Waals surface area contributed by atoms with E-state index in [-0.39, 0.29) is 11.3 Å². The molecule has 1 heterocycles. The second kappa shape index (κ2) is 6.27. The van der Waals surface area contributed by atoms with Crippen molar-refractivity contribution in [3.63, 3.8) is 0 Å². The largest absolute Gasteiger partial charge is 0.492 e. The zero-order valence-electron chi connectivity index (χ0n) is 12.1. The average molecular weight is 311 g/mol. The van der Waals surface area contributed by atoms with Crippen molar-refractivity contribution in [3.8, 4) is 5.75 Å². The lowest BCUT2D eigenvalue weighted by Gasteiger charge is -2.18. The number of rotatable bonds is 3. The van der Waals surface area contributed by atoms with Crippen LogP contribution in [0.2, 0.25) is 0 Å². The van der Waals surface area contributed by atoms with Crippen LogP contribution in [0.3, 0.4) is 0 Å². The monoisotopic (exact) mass is 311 g/mol. The highest BCUT2D eigenvalue weighted by molar-refractivity contribution is 6.04. The van der Waals surface area contributed by atoms with Gasteiger partial charge >= 0.3 is 0 Å². The van der Waals surface area contributed by atoms with E-state index in [9.17, 15) is 14.9 Å². The Labute approximate surface area is 131 Å². The molecular weight excluding hydrogens is 298 g/mol. The van der Waals surface area contributed by atoms with E-state index in [2.05, 4.69) is 10.5 Å². The molecule has 0 aliphatic carbocycles. The summed E-state index contributed by atoms with van der Waals surface area (Å²) >= 11 is 0. The molecule has 0 spiro atoms. The number of carbonyl (C=O) groups excluding carboxylic acids is 1. The first-order valence-electron chi connectivity index (χ1n) is 6.99. The van der Waals surface area contributed by atoms with E-state index >= 15 is 0 Å². The molecule has 7 nitrogen and oxygen atoms in total. The molecule has 116 valence electrons. The van der Waals surface area contributed by atoms with Gasteiger partial charge < -0.3 is 4.74 Å². The number of fused-ring (bicyclic) bond motifs is 1. The maximum absolute atomic E-state index is 12.1. The third kappa shape index (κ3) is 3.18. The summed E-state index contributed by atoms with van der Waals surface area (Å²) in [5.74, 6) is 0.229. The minimum Gasteiger partial charge on any atom is -0.492 e. The van der Waals surface area contributed by atoms with Crippen molar-refractivity contribution in [2.75, 3.05) is 6.61 Å². The van der Waals surface area contributed by atoms with Gasteiger partial charge in [-0.15, -0.1) is 0 Å². The van der Waals surface area contributed by atoms with Crippen LogP contribution in [-0.4, -0.2) is 23.1 Å². The Bertz CT molecular complexity index is 801. The maximum Gasteiger partial charge on any atom is 0.271 e. The van der Waals surface area contributed by atoms with E-state index in [1.807, 2.05) is 24.3 Å². The molecule has 1 aliphatic heterocycles. The number of nitro benzene ring substituents is 1. The third-order valence-corrected chi connectivity index (χ3v) is 3.41. The van der Waals surface area contributed by atoms with Gasteiger partial charge in [-0.05, 0) is 18.2 Å². The molecule has 0 fully saturated rings. The number of nitrogens with one attached hydrogen (secondary N) is 1. The van der Waals surface area contributed by atoms with E-state index in [0.717, 1.165) is 11.3 Å². The van der Waals surface area contributed by atoms with Gasteiger partial charge in [-0.25, -0.2) is 5.43 Å². The highest BCUT2D eigenvalue weighted by Gasteiger charge is 2.17. The number of non-ortho nitro benzene ring substituents is 1. The number of hydrazone groups is 1. The Balaban J connectivity index is 1.79. The number of amides is 1. The number of hydrogen-bond donors (Lipinski definition) is 1. The van der Waals surface area contributed by atoms with Gasteiger partial charge in [-0.3, -0.25) is 14.9 Å². The topological polar surface area (TPSA) is 93.8 Å². The first kappa shape index (κ1) is 14.7. The molecule has 1 N–H and O–H groups in total. The van der Waals surface area contributed by atoms with Gasteiger partial charge in [0.15, 0.2) is 0 Å². The SMILES string of the molecule is O=C(N/N=C1/CCOc2ccccc21)c1cccc([N+](=O)[O-])c1. The molecule has 0 radical (unpaired) electrons. The molecule has 23 heavy (non-hydrogen) atoms. The second-order valence-corrected chi connectivity index (χ2v) is 4.90. The molecule has 0 aromatic heterocycles. The summed E-state index contributed by atoms with van der Waals surface area (Å²) in [4.78, 5) is 22.3. The number of carbonyl (C=O) groups is 1. The number of nitrogens with zero attached hydrogens (tertiary/aromatic N) is 2. The minimum atomic E-state index is -0.544. The Morgan fingerprint density at radius 1 is 1.22 bits per heavy atom. The van der Waals surface area contributed by atoms with Crippen LogP contribution >= 0.6 is 0 Å². The van der Waals surface area contributed by atoms with Crippen LogP contribution in [0.1, 0.15) is 22.3 Å². The van der Waals surface area contributed by atoms with Crippen LogP contribution in [0, 0.1) is 10.1 Å².